The highest BCUT2D eigenvalue weighted by Crippen LogP contribution is 2.16. The molecule has 0 unspecified atom stereocenters. The van der Waals surface area contributed by atoms with Gasteiger partial charge in [-0.15, -0.1) is 0 Å². The van der Waals surface area contributed by atoms with E-state index in [1.165, 1.54) is 4.90 Å². The molecule has 1 aliphatic heterocycles. The topological polar surface area (TPSA) is 109 Å². The molecule has 4 N–H and O–H groups in total. The van der Waals surface area contributed by atoms with Gasteiger partial charge in [-0.1, -0.05) is 0 Å². The summed E-state index contributed by atoms with van der Waals surface area (Å²) in [6.07, 6.45) is 2.25. The lowest BCUT2D eigenvalue weighted by atomic mass is 9.97. The molecule has 7 heteroatoms. The lowest BCUT2D eigenvalue weighted by molar-refractivity contribution is 0.0928. The number of hydrogen-bond donors (Lipinski definition) is 3. The molecule has 114 valence electrons. The molecular weight excluding hydrogens is 272 g/mol. The Morgan fingerprint density at radius 2 is 2.14 bits per heavy atom. The summed E-state index contributed by atoms with van der Waals surface area (Å²) in [4.78, 5) is 28.3. The molecule has 1 aromatic rings. The number of carbonyl (C=O) groups excluding carboxylic acids is 1. The van der Waals surface area contributed by atoms with Gasteiger partial charge in [-0.05, 0) is 30.9 Å². The van der Waals surface area contributed by atoms with Crippen molar-refractivity contribution in [2.45, 2.75) is 19.4 Å². The van der Waals surface area contributed by atoms with Crippen LogP contribution in [0, 0.1) is 5.92 Å². The van der Waals surface area contributed by atoms with Crippen LogP contribution in [-0.4, -0.2) is 46.6 Å². The molecule has 1 aromatic heterocycles. The third-order valence-corrected chi connectivity index (χ3v) is 3.72. The van der Waals surface area contributed by atoms with Crippen molar-refractivity contribution in [3.8, 4) is 0 Å². The average Bonchev–Trinajstić information content (AvgIpc) is 2.53. The van der Waals surface area contributed by atoms with Gasteiger partial charge in [0.1, 0.15) is 0 Å². The van der Waals surface area contributed by atoms with Crippen molar-refractivity contribution in [3.05, 3.63) is 29.6 Å². The van der Waals surface area contributed by atoms with Gasteiger partial charge in [-0.25, -0.2) is 4.79 Å². The van der Waals surface area contributed by atoms with E-state index in [1.807, 2.05) is 0 Å². The second-order valence-electron chi connectivity index (χ2n) is 5.16. The third-order valence-electron chi connectivity index (χ3n) is 3.72. The van der Waals surface area contributed by atoms with Crippen LogP contribution in [0.3, 0.4) is 0 Å². The molecule has 0 aromatic carbocycles. The number of carboxylic acid groups (broad SMARTS) is 1. The molecule has 0 saturated carbocycles. The van der Waals surface area contributed by atoms with Crippen molar-refractivity contribution in [1.82, 2.24) is 15.2 Å². The summed E-state index contributed by atoms with van der Waals surface area (Å²) in [6, 6.07) is 3.34. The molecule has 0 aliphatic carbocycles. The van der Waals surface area contributed by atoms with E-state index >= 15 is 0 Å². The van der Waals surface area contributed by atoms with Crippen LogP contribution in [0.25, 0.3) is 0 Å². The number of nitrogens with two attached hydrogens (primary N) is 1. The summed E-state index contributed by atoms with van der Waals surface area (Å²) < 4.78 is 0. The third kappa shape index (κ3) is 4.16. The maximum absolute atomic E-state index is 12.0. The van der Waals surface area contributed by atoms with Gasteiger partial charge in [-0.3, -0.25) is 9.78 Å². The molecule has 2 rings (SSSR count). The first-order valence-corrected chi connectivity index (χ1v) is 7.01. The van der Waals surface area contributed by atoms with Crippen molar-refractivity contribution in [2.75, 3.05) is 19.6 Å². The van der Waals surface area contributed by atoms with E-state index in [9.17, 15) is 9.59 Å². The normalized spacial score (nSPS) is 15.8. The van der Waals surface area contributed by atoms with E-state index < -0.39 is 6.09 Å². The van der Waals surface area contributed by atoms with E-state index in [-0.39, 0.29) is 5.91 Å². The van der Waals surface area contributed by atoms with E-state index in [2.05, 4.69) is 10.3 Å². The second kappa shape index (κ2) is 7.03. The molecule has 0 bridgehead atoms. The first-order chi connectivity index (χ1) is 10.1. The number of hydrogen-bond acceptors (Lipinski definition) is 4. The molecule has 1 aliphatic rings. The zero-order valence-electron chi connectivity index (χ0n) is 11.8. The van der Waals surface area contributed by atoms with Crippen LogP contribution >= 0.6 is 0 Å². The molecule has 1 fully saturated rings. The van der Waals surface area contributed by atoms with Gasteiger partial charge in [-0.2, -0.15) is 0 Å². The molecule has 0 atom stereocenters. The number of nitrogens with one attached hydrogen (secondary N) is 1. The van der Waals surface area contributed by atoms with Gasteiger partial charge in [0.05, 0.1) is 5.69 Å². The van der Waals surface area contributed by atoms with Crippen LogP contribution in [0.1, 0.15) is 28.9 Å². The van der Waals surface area contributed by atoms with E-state index in [1.54, 1.807) is 18.3 Å². The Balaban J connectivity index is 1.80. The lowest BCUT2D eigenvalue weighted by Crippen LogP contribution is -2.40. The fraction of sp³-hybridized carbons (Fsp3) is 0.500. The Morgan fingerprint density at radius 3 is 2.76 bits per heavy atom. The van der Waals surface area contributed by atoms with Crippen molar-refractivity contribution in [1.29, 1.82) is 0 Å². The second-order valence-corrected chi connectivity index (χ2v) is 5.16. The Hall–Kier alpha value is -2.15. The summed E-state index contributed by atoms with van der Waals surface area (Å²) in [5, 5.41) is 11.8. The highest BCUT2D eigenvalue weighted by atomic mass is 16.4. The molecule has 2 heterocycles. The maximum atomic E-state index is 12.0. The van der Waals surface area contributed by atoms with Crippen molar-refractivity contribution in [2.24, 2.45) is 11.7 Å². The minimum Gasteiger partial charge on any atom is -0.465 e. The Kier molecular flexibility index (Phi) is 5.10. The van der Waals surface area contributed by atoms with Gasteiger partial charge in [0, 0.05) is 37.9 Å². The van der Waals surface area contributed by atoms with Gasteiger partial charge in [0.15, 0.2) is 0 Å². The number of piperidine rings is 1. The molecular formula is C14H20N4O3. The van der Waals surface area contributed by atoms with E-state index in [4.69, 9.17) is 10.8 Å². The van der Waals surface area contributed by atoms with Gasteiger partial charge in [0.2, 0.25) is 0 Å². The average molecular weight is 292 g/mol. The monoisotopic (exact) mass is 292 g/mol. The molecule has 1 saturated heterocycles. The standard InChI is InChI=1S/C14H20N4O3/c15-8-12-7-11(1-4-16-12)13(19)17-9-10-2-5-18(6-3-10)14(20)21/h1,4,7,10H,2-3,5-6,8-9,15H2,(H,17,19)(H,20,21). The fourth-order valence-corrected chi connectivity index (χ4v) is 2.40. The minimum absolute atomic E-state index is 0.146. The van der Waals surface area contributed by atoms with Crippen molar-refractivity contribution >= 4 is 12.0 Å². The Bertz CT molecular complexity index is 513. The van der Waals surface area contributed by atoms with Crippen LogP contribution in [0.15, 0.2) is 18.3 Å². The summed E-state index contributed by atoms with van der Waals surface area (Å²) in [5.41, 5.74) is 6.73. The predicted octanol–water partition coefficient (Wildman–Crippen LogP) is 0.660. The summed E-state index contributed by atoms with van der Waals surface area (Å²) in [7, 11) is 0. The molecule has 0 radical (unpaired) electrons. The highest BCUT2D eigenvalue weighted by Gasteiger charge is 2.22. The smallest absolute Gasteiger partial charge is 0.407 e. The quantitative estimate of drug-likeness (QED) is 0.755. The zero-order chi connectivity index (χ0) is 15.2. The summed E-state index contributed by atoms with van der Waals surface area (Å²) in [6.45, 7) is 1.92. The van der Waals surface area contributed by atoms with Crippen LogP contribution < -0.4 is 11.1 Å². The number of nitrogens with zero attached hydrogens (tertiary/aromatic N) is 2. The van der Waals surface area contributed by atoms with Gasteiger partial charge in [0.25, 0.3) is 5.91 Å². The van der Waals surface area contributed by atoms with E-state index in [0.717, 1.165) is 12.8 Å². The van der Waals surface area contributed by atoms with Crippen LogP contribution in [0.4, 0.5) is 4.79 Å². The minimum atomic E-state index is -0.872. The van der Waals surface area contributed by atoms with Crippen LogP contribution in [0.5, 0.6) is 0 Å². The summed E-state index contributed by atoms with van der Waals surface area (Å²) in [5.74, 6) is 0.174. The first kappa shape index (κ1) is 15.2. The number of carbonyl (C=O) groups is 2. The van der Waals surface area contributed by atoms with Crippen LogP contribution in [0.2, 0.25) is 0 Å². The largest absolute Gasteiger partial charge is 0.465 e. The number of amides is 2. The Labute approximate surface area is 123 Å². The molecule has 7 nitrogen and oxygen atoms in total. The number of rotatable bonds is 4. The fourth-order valence-electron chi connectivity index (χ4n) is 2.40. The van der Waals surface area contributed by atoms with Crippen molar-refractivity contribution < 1.29 is 14.7 Å². The highest BCUT2D eigenvalue weighted by molar-refractivity contribution is 5.94. The first-order valence-electron chi connectivity index (χ1n) is 7.01. The maximum Gasteiger partial charge on any atom is 0.407 e. The number of aromatic nitrogens is 1. The van der Waals surface area contributed by atoms with E-state index in [0.29, 0.717) is 43.4 Å². The zero-order valence-corrected chi connectivity index (χ0v) is 11.8. The number of pyridine rings is 1. The lowest BCUT2D eigenvalue weighted by Gasteiger charge is -2.29. The van der Waals surface area contributed by atoms with Crippen molar-refractivity contribution in [3.63, 3.8) is 0 Å². The predicted molar refractivity (Wildman–Crippen MR) is 76.8 cm³/mol. The van der Waals surface area contributed by atoms with Gasteiger partial charge >= 0.3 is 6.09 Å². The summed E-state index contributed by atoms with van der Waals surface area (Å²) >= 11 is 0. The number of likely N-dealkylation sites (tertiary alicyclic amines) is 1. The molecule has 0 spiro atoms. The van der Waals surface area contributed by atoms with Gasteiger partial charge < -0.3 is 21.1 Å². The molecule has 2 amide bonds. The Morgan fingerprint density at radius 1 is 1.43 bits per heavy atom. The SMILES string of the molecule is NCc1cc(C(=O)NCC2CCN(C(=O)O)CC2)ccn1. The van der Waals surface area contributed by atoms with Crippen LogP contribution in [-0.2, 0) is 6.54 Å². The molecule has 21 heavy (non-hydrogen) atoms.